The second-order valence-corrected chi connectivity index (χ2v) is 10.1. The van der Waals surface area contributed by atoms with Gasteiger partial charge < -0.3 is 14.8 Å². The first-order chi connectivity index (χ1) is 15.8. The van der Waals surface area contributed by atoms with Gasteiger partial charge in [-0.15, -0.1) is 0 Å². The Morgan fingerprint density at radius 1 is 1.06 bits per heavy atom. The van der Waals surface area contributed by atoms with Crippen LogP contribution in [0.25, 0.3) is 0 Å². The maximum Gasteiger partial charge on any atom is 0.271 e. The van der Waals surface area contributed by atoms with Gasteiger partial charge in [0.1, 0.15) is 23.0 Å². The SMILES string of the molecule is CCOc1ccc(Oc2ccc(NC(=O)C3=NN(C4CCS(=O)(=O)C4)C(=O)CC3)cc2)cc1. The van der Waals surface area contributed by atoms with E-state index in [0.29, 0.717) is 30.2 Å². The van der Waals surface area contributed by atoms with Gasteiger partial charge in [-0.1, -0.05) is 0 Å². The van der Waals surface area contributed by atoms with E-state index in [-0.39, 0.29) is 36.0 Å². The molecule has 0 saturated carbocycles. The molecule has 1 atom stereocenters. The lowest BCUT2D eigenvalue weighted by atomic mass is 10.1. The highest BCUT2D eigenvalue weighted by Crippen LogP contribution is 2.26. The average Bonchev–Trinajstić information content (AvgIpc) is 3.16. The van der Waals surface area contributed by atoms with Crippen LogP contribution in [0.3, 0.4) is 0 Å². The van der Waals surface area contributed by atoms with Crippen molar-refractivity contribution >= 4 is 33.1 Å². The molecule has 0 aromatic heterocycles. The minimum atomic E-state index is -3.17. The number of amides is 2. The summed E-state index contributed by atoms with van der Waals surface area (Å²) in [4.78, 5) is 24.9. The Hall–Kier alpha value is -3.40. The number of hydrogen-bond acceptors (Lipinski definition) is 7. The Morgan fingerprint density at radius 2 is 1.70 bits per heavy atom. The molecule has 2 heterocycles. The third-order valence-corrected chi connectivity index (χ3v) is 7.11. The summed E-state index contributed by atoms with van der Waals surface area (Å²) in [5.41, 5.74) is 0.752. The van der Waals surface area contributed by atoms with Crippen molar-refractivity contribution in [3.63, 3.8) is 0 Å². The number of nitrogens with zero attached hydrogens (tertiary/aromatic N) is 2. The summed E-state index contributed by atoms with van der Waals surface area (Å²) in [5.74, 6) is 1.26. The van der Waals surface area contributed by atoms with Gasteiger partial charge in [-0.2, -0.15) is 5.10 Å². The number of hydrogen-bond donors (Lipinski definition) is 1. The summed E-state index contributed by atoms with van der Waals surface area (Å²) in [6.07, 6.45) is 0.666. The monoisotopic (exact) mass is 471 g/mol. The van der Waals surface area contributed by atoms with E-state index >= 15 is 0 Å². The highest BCUT2D eigenvalue weighted by Gasteiger charge is 2.37. The lowest BCUT2D eigenvalue weighted by Gasteiger charge is -2.27. The number of rotatable bonds is 7. The fourth-order valence-corrected chi connectivity index (χ4v) is 5.40. The van der Waals surface area contributed by atoms with Gasteiger partial charge in [0, 0.05) is 18.5 Å². The van der Waals surface area contributed by atoms with Crippen molar-refractivity contribution < 1.29 is 27.5 Å². The van der Waals surface area contributed by atoms with Gasteiger partial charge in [0.05, 0.1) is 24.2 Å². The molecule has 2 amide bonds. The Bertz CT molecular complexity index is 1160. The molecule has 0 bridgehead atoms. The second-order valence-electron chi connectivity index (χ2n) is 7.83. The van der Waals surface area contributed by atoms with E-state index in [2.05, 4.69) is 10.4 Å². The largest absolute Gasteiger partial charge is 0.494 e. The molecular formula is C23H25N3O6S. The van der Waals surface area contributed by atoms with Crippen LogP contribution in [-0.2, 0) is 19.4 Å². The molecule has 0 aliphatic carbocycles. The molecule has 0 spiro atoms. The molecule has 2 aromatic rings. The number of anilines is 1. The van der Waals surface area contributed by atoms with Crippen LogP contribution in [0.15, 0.2) is 53.6 Å². The summed E-state index contributed by atoms with van der Waals surface area (Å²) >= 11 is 0. The van der Waals surface area contributed by atoms with Gasteiger partial charge in [0.2, 0.25) is 5.91 Å². The van der Waals surface area contributed by atoms with Gasteiger partial charge in [0.25, 0.3) is 5.91 Å². The van der Waals surface area contributed by atoms with Crippen molar-refractivity contribution in [1.29, 1.82) is 0 Å². The van der Waals surface area contributed by atoms with Gasteiger partial charge in [-0.25, -0.2) is 13.4 Å². The predicted molar refractivity (Wildman–Crippen MR) is 123 cm³/mol. The van der Waals surface area contributed by atoms with E-state index < -0.39 is 21.8 Å². The fraction of sp³-hybridized carbons (Fsp3) is 0.348. The molecule has 33 heavy (non-hydrogen) atoms. The maximum absolute atomic E-state index is 12.7. The van der Waals surface area contributed by atoms with E-state index in [1.165, 1.54) is 5.01 Å². The fourth-order valence-electron chi connectivity index (χ4n) is 3.70. The van der Waals surface area contributed by atoms with Crippen molar-refractivity contribution in [1.82, 2.24) is 5.01 Å². The third kappa shape index (κ3) is 5.70. The molecule has 2 aliphatic rings. The average molecular weight is 472 g/mol. The van der Waals surface area contributed by atoms with Gasteiger partial charge in [0.15, 0.2) is 9.84 Å². The maximum atomic E-state index is 12.7. The van der Waals surface area contributed by atoms with Crippen LogP contribution in [0.4, 0.5) is 5.69 Å². The van der Waals surface area contributed by atoms with Crippen molar-refractivity contribution in [2.75, 3.05) is 23.4 Å². The van der Waals surface area contributed by atoms with E-state index in [4.69, 9.17) is 9.47 Å². The summed E-state index contributed by atoms with van der Waals surface area (Å²) in [5, 5.41) is 8.13. The summed E-state index contributed by atoms with van der Waals surface area (Å²) in [6.45, 7) is 2.51. The molecule has 4 rings (SSSR count). The normalized spacial score (nSPS) is 19.7. The number of ether oxygens (including phenoxy) is 2. The van der Waals surface area contributed by atoms with Crippen molar-refractivity contribution in [3.8, 4) is 17.2 Å². The van der Waals surface area contributed by atoms with E-state index in [9.17, 15) is 18.0 Å². The Morgan fingerprint density at radius 3 is 2.30 bits per heavy atom. The molecular weight excluding hydrogens is 446 g/mol. The number of carbonyl (C=O) groups excluding carboxylic acids is 2. The highest BCUT2D eigenvalue weighted by molar-refractivity contribution is 7.91. The third-order valence-electron chi connectivity index (χ3n) is 5.36. The molecule has 2 aromatic carbocycles. The van der Waals surface area contributed by atoms with Gasteiger partial charge in [-0.3, -0.25) is 9.59 Å². The minimum Gasteiger partial charge on any atom is -0.494 e. The first kappa shape index (κ1) is 22.8. The number of nitrogens with one attached hydrogen (secondary N) is 1. The topological polar surface area (TPSA) is 114 Å². The summed E-state index contributed by atoms with van der Waals surface area (Å²) in [7, 11) is -3.17. The molecule has 9 nitrogen and oxygen atoms in total. The van der Waals surface area contributed by atoms with E-state index in [1.54, 1.807) is 24.3 Å². The van der Waals surface area contributed by atoms with Gasteiger partial charge >= 0.3 is 0 Å². The van der Waals surface area contributed by atoms with Crippen LogP contribution < -0.4 is 14.8 Å². The molecule has 10 heteroatoms. The molecule has 1 saturated heterocycles. The Balaban J connectivity index is 1.38. The predicted octanol–water partition coefficient (Wildman–Crippen LogP) is 2.98. The van der Waals surface area contributed by atoms with Crippen molar-refractivity contribution in [2.24, 2.45) is 5.10 Å². The molecule has 1 N–H and O–H groups in total. The molecule has 1 unspecified atom stereocenters. The zero-order valence-corrected chi connectivity index (χ0v) is 19.0. The lowest BCUT2D eigenvalue weighted by Crippen LogP contribution is -2.42. The number of hydrazone groups is 1. The standard InChI is InChI=1S/C23H25N3O6S/c1-2-31-18-7-9-20(10-8-18)32-19-5-3-16(4-6-19)24-23(28)21-11-12-22(27)26(25-21)17-13-14-33(29,30)15-17/h3-10,17H,2,11-15H2,1H3,(H,24,28). The molecule has 0 radical (unpaired) electrons. The zero-order chi connectivity index (χ0) is 23.4. The number of carbonyl (C=O) groups is 2. The number of sulfone groups is 1. The smallest absolute Gasteiger partial charge is 0.271 e. The first-order valence-corrected chi connectivity index (χ1v) is 12.6. The number of benzene rings is 2. The van der Waals surface area contributed by atoms with Crippen LogP contribution in [0.5, 0.6) is 17.2 Å². The minimum absolute atomic E-state index is 0.0313. The molecule has 1 fully saturated rings. The lowest BCUT2D eigenvalue weighted by molar-refractivity contribution is -0.133. The van der Waals surface area contributed by atoms with E-state index in [0.717, 1.165) is 5.75 Å². The summed E-state index contributed by atoms with van der Waals surface area (Å²) in [6, 6.07) is 13.6. The Labute approximate surface area is 192 Å². The first-order valence-electron chi connectivity index (χ1n) is 10.7. The zero-order valence-electron chi connectivity index (χ0n) is 18.2. The van der Waals surface area contributed by atoms with Crippen molar-refractivity contribution in [2.45, 2.75) is 32.2 Å². The van der Waals surface area contributed by atoms with Crippen LogP contribution in [0.1, 0.15) is 26.2 Å². The van der Waals surface area contributed by atoms with Crippen LogP contribution in [0, 0.1) is 0 Å². The Kier molecular flexibility index (Phi) is 6.64. The quantitative estimate of drug-likeness (QED) is 0.664. The van der Waals surface area contributed by atoms with Crippen LogP contribution in [-0.4, -0.2) is 55.1 Å². The molecule has 174 valence electrons. The highest BCUT2D eigenvalue weighted by atomic mass is 32.2. The molecule has 2 aliphatic heterocycles. The van der Waals surface area contributed by atoms with Crippen molar-refractivity contribution in [3.05, 3.63) is 48.5 Å². The van der Waals surface area contributed by atoms with E-state index in [1.807, 2.05) is 31.2 Å². The second kappa shape index (κ2) is 9.62. The summed E-state index contributed by atoms with van der Waals surface area (Å²) < 4.78 is 34.7. The van der Waals surface area contributed by atoms with Gasteiger partial charge in [-0.05, 0) is 61.9 Å². The van der Waals surface area contributed by atoms with Crippen LogP contribution in [0.2, 0.25) is 0 Å². The van der Waals surface area contributed by atoms with Crippen LogP contribution >= 0.6 is 0 Å².